The Morgan fingerprint density at radius 3 is 3.29 bits per heavy atom. The normalized spacial score (nSPS) is 34.4. The van der Waals surface area contributed by atoms with Crippen LogP contribution in [0.3, 0.4) is 0 Å². The van der Waals surface area contributed by atoms with Crippen molar-refractivity contribution >= 4 is 6.21 Å². The number of nitrogens with one attached hydrogen (secondary N) is 1. The van der Waals surface area contributed by atoms with Gasteiger partial charge in [0.2, 0.25) is 0 Å². The van der Waals surface area contributed by atoms with Gasteiger partial charge in [-0.1, -0.05) is 5.57 Å². The summed E-state index contributed by atoms with van der Waals surface area (Å²) in [6.45, 7) is 2.88. The lowest BCUT2D eigenvalue weighted by molar-refractivity contribution is 0.495. The zero-order valence-corrected chi connectivity index (χ0v) is 9.89. The summed E-state index contributed by atoms with van der Waals surface area (Å²) < 4.78 is 5.28. The first kappa shape index (κ1) is 10.4. The van der Waals surface area contributed by atoms with Crippen LogP contribution < -0.4 is 5.32 Å². The van der Waals surface area contributed by atoms with Crippen LogP contribution in [0.4, 0.5) is 0 Å². The fraction of sp³-hybridized carbons (Fsp3) is 0.357. The first-order valence-electron chi connectivity index (χ1n) is 6.02. The lowest BCUT2D eigenvalue weighted by Gasteiger charge is -2.06. The van der Waals surface area contributed by atoms with Gasteiger partial charge in [0.25, 0.3) is 0 Å². The molecule has 1 aliphatic heterocycles. The Labute approximate surface area is 101 Å². The summed E-state index contributed by atoms with van der Waals surface area (Å²) in [4.78, 5) is 4.42. The molecule has 2 heterocycles. The highest BCUT2D eigenvalue weighted by Gasteiger charge is 2.36. The quantitative estimate of drug-likeness (QED) is 0.863. The van der Waals surface area contributed by atoms with Crippen LogP contribution in [-0.2, 0) is 6.54 Å². The van der Waals surface area contributed by atoms with Crippen molar-refractivity contribution in [2.45, 2.75) is 19.9 Å². The van der Waals surface area contributed by atoms with Gasteiger partial charge in [-0.15, -0.1) is 0 Å². The molecule has 2 atom stereocenters. The van der Waals surface area contributed by atoms with Crippen LogP contribution in [0.5, 0.6) is 0 Å². The van der Waals surface area contributed by atoms with Gasteiger partial charge in [-0.2, -0.15) is 0 Å². The number of aliphatic imine (C=N–C) groups is 1. The molecule has 17 heavy (non-hydrogen) atoms. The Bertz CT molecular complexity index is 482. The Morgan fingerprint density at radius 2 is 2.47 bits per heavy atom. The summed E-state index contributed by atoms with van der Waals surface area (Å²) in [5.74, 6) is 3.30. The van der Waals surface area contributed by atoms with Crippen LogP contribution in [0.25, 0.3) is 0 Å². The van der Waals surface area contributed by atoms with E-state index in [1.54, 1.807) is 6.26 Å². The van der Waals surface area contributed by atoms with E-state index in [0.29, 0.717) is 12.5 Å². The van der Waals surface area contributed by atoms with Gasteiger partial charge in [0.15, 0.2) is 0 Å². The molecule has 2 unspecified atom stereocenters. The molecule has 1 aliphatic carbocycles. The van der Waals surface area contributed by atoms with Crippen molar-refractivity contribution in [2.24, 2.45) is 16.8 Å². The highest BCUT2D eigenvalue weighted by atomic mass is 16.3. The van der Waals surface area contributed by atoms with Gasteiger partial charge in [-0.25, -0.2) is 4.99 Å². The number of rotatable bonds is 3. The first-order chi connectivity index (χ1) is 8.33. The van der Waals surface area contributed by atoms with E-state index in [1.165, 1.54) is 12.0 Å². The number of fused-ring (bicyclic) bond motifs is 1. The molecule has 3 heteroatoms. The minimum absolute atomic E-state index is 0.669. The third-order valence-corrected chi connectivity index (χ3v) is 3.37. The molecule has 0 spiro atoms. The van der Waals surface area contributed by atoms with E-state index in [-0.39, 0.29) is 0 Å². The molecule has 0 aromatic carbocycles. The van der Waals surface area contributed by atoms with Crippen molar-refractivity contribution in [3.8, 4) is 0 Å². The Morgan fingerprint density at radius 1 is 1.53 bits per heavy atom. The van der Waals surface area contributed by atoms with E-state index in [2.05, 4.69) is 29.4 Å². The lowest BCUT2D eigenvalue weighted by atomic mass is 10.1. The predicted octanol–water partition coefficient (Wildman–Crippen LogP) is 2.88. The standard InChI is InChI=1S/C14H16N2O/c1-10-4-5-15-14(8-11-7-13(10)11)16-9-12-3-2-6-17-12/h2-6,8,11,13,16H,7,9H2,1H3/b10-4-,14-8-,15-5-. The molecule has 3 nitrogen and oxygen atoms in total. The van der Waals surface area contributed by atoms with Crippen LogP contribution in [0, 0.1) is 11.8 Å². The van der Waals surface area contributed by atoms with E-state index >= 15 is 0 Å². The maximum Gasteiger partial charge on any atom is 0.122 e. The van der Waals surface area contributed by atoms with Crippen molar-refractivity contribution in [1.29, 1.82) is 0 Å². The smallest absolute Gasteiger partial charge is 0.122 e. The molecule has 2 aliphatic rings. The molecule has 0 bridgehead atoms. The Hall–Kier alpha value is -1.77. The van der Waals surface area contributed by atoms with Crippen molar-refractivity contribution < 1.29 is 4.42 Å². The molecule has 1 aromatic rings. The van der Waals surface area contributed by atoms with Crippen LogP contribution in [0.1, 0.15) is 19.1 Å². The topological polar surface area (TPSA) is 37.5 Å². The van der Waals surface area contributed by atoms with Gasteiger partial charge in [-0.05, 0) is 49.5 Å². The number of hydrogen-bond acceptors (Lipinski definition) is 3. The SMILES string of the molecule is C/C1=C/C=N\C(NCc2ccco2)=C\C2CC12. The molecule has 1 fully saturated rings. The molecule has 1 saturated carbocycles. The second kappa shape index (κ2) is 4.24. The van der Waals surface area contributed by atoms with Crippen molar-refractivity contribution in [2.75, 3.05) is 0 Å². The van der Waals surface area contributed by atoms with Gasteiger partial charge in [0, 0.05) is 6.21 Å². The van der Waals surface area contributed by atoms with Crippen molar-refractivity contribution in [3.63, 3.8) is 0 Å². The molecule has 0 radical (unpaired) electrons. The van der Waals surface area contributed by atoms with Gasteiger partial charge < -0.3 is 9.73 Å². The van der Waals surface area contributed by atoms with Crippen LogP contribution in [-0.4, -0.2) is 6.21 Å². The molecular formula is C14H16N2O. The maximum absolute atomic E-state index is 5.28. The third kappa shape index (κ3) is 2.33. The fourth-order valence-corrected chi connectivity index (χ4v) is 2.22. The predicted molar refractivity (Wildman–Crippen MR) is 67.5 cm³/mol. The lowest BCUT2D eigenvalue weighted by Crippen LogP contribution is -2.11. The monoisotopic (exact) mass is 228 g/mol. The van der Waals surface area contributed by atoms with E-state index in [9.17, 15) is 0 Å². The molecule has 1 aromatic heterocycles. The van der Waals surface area contributed by atoms with Crippen LogP contribution >= 0.6 is 0 Å². The van der Waals surface area contributed by atoms with E-state index in [1.807, 2.05) is 18.3 Å². The minimum Gasteiger partial charge on any atom is -0.467 e. The second-order valence-corrected chi connectivity index (χ2v) is 4.68. The number of hydrogen-bond donors (Lipinski definition) is 1. The molecule has 1 N–H and O–H groups in total. The zero-order valence-electron chi connectivity index (χ0n) is 9.89. The second-order valence-electron chi connectivity index (χ2n) is 4.68. The largest absolute Gasteiger partial charge is 0.467 e. The average molecular weight is 228 g/mol. The summed E-state index contributed by atoms with van der Waals surface area (Å²) in [6, 6.07) is 3.86. The summed E-state index contributed by atoms with van der Waals surface area (Å²) in [5, 5.41) is 3.30. The highest BCUT2D eigenvalue weighted by Crippen LogP contribution is 2.45. The fourth-order valence-electron chi connectivity index (χ4n) is 2.22. The van der Waals surface area contributed by atoms with Crippen molar-refractivity contribution in [1.82, 2.24) is 5.32 Å². The summed E-state index contributed by atoms with van der Waals surface area (Å²) in [7, 11) is 0. The van der Waals surface area contributed by atoms with Crippen LogP contribution in [0.2, 0.25) is 0 Å². The van der Waals surface area contributed by atoms with Gasteiger partial charge in [0.1, 0.15) is 11.6 Å². The Kier molecular flexibility index (Phi) is 2.59. The first-order valence-corrected chi connectivity index (χ1v) is 6.02. The van der Waals surface area contributed by atoms with E-state index < -0.39 is 0 Å². The van der Waals surface area contributed by atoms with Gasteiger partial charge in [-0.3, -0.25) is 0 Å². The molecular weight excluding hydrogens is 212 g/mol. The van der Waals surface area contributed by atoms with E-state index in [4.69, 9.17) is 4.42 Å². The number of allylic oxidation sites excluding steroid dienone is 3. The molecule has 0 amide bonds. The van der Waals surface area contributed by atoms with Gasteiger partial charge >= 0.3 is 0 Å². The van der Waals surface area contributed by atoms with Crippen LogP contribution in [0.15, 0.2) is 51.4 Å². The summed E-state index contributed by atoms with van der Waals surface area (Å²) in [6.07, 6.45) is 9.19. The van der Waals surface area contributed by atoms with Gasteiger partial charge in [0.05, 0.1) is 12.8 Å². The molecule has 88 valence electrons. The number of furan rings is 1. The molecule has 0 saturated heterocycles. The number of nitrogens with zero attached hydrogens (tertiary/aromatic N) is 1. The summed E-state index contributed by atoms with van der Waals surface area (Å²) >= 11 is 0. The maximum atomic E-state index is 5.28. The molecule has 3 rings (SSSR count). The summed E-state index contributed by atoms with van der Waals surface area (Å²) in [5.41, 5.74) is 1.44. The minimum atomic E-state index is 0.669. The average Bonchev–Trinajstić information content (AvgIpc) is 2.87. The van der Waals surface area contributed by atoms with E-state index in [0.717, 1.165) is 17.5 Å². The highest BCUT2D eigenvalue weighted by molar-refractivity contribution is 5.73. The van der Waals surface area contributed by atoms with Crippen molar-refractivity contribution in [3.05, 3.63) is 47.7 Å². The zero-order chi connectivity index (χ0) is 11.7. The third-order valence-electron chi connectivity index (χ3n) is 3.37. The Balaban J connectivity index is 1.67.